The predicted molar refractivity (Wildman–Crippen MR) is 62.8 cm³/mol. The van der Waals surface area contributed by atoms with Gasteiger partial charge in [-0.2, -0.15) is 0 Å². The molecule has 100 valence electrons. The van der Waals surface area contributed by atoms with Crippen molar-refractivity contribution in [2.75, 3.05) is 6.54 Å². The number of nitrogens with zero attached hydrogens (tertiary/aromatic N) is 1. The van der Waals surface area contributed by atoms with Crippen LogP contribution in [0.1, 0.15) is 33.1 Å². The quantitative estimate of drug-likeness (QED) is 0.714. The van der Waals surface area contributed by atoms with Crippen LogP contribution in [0.2, 0.25) is 0 Å². The zero-order chi connectivity index (χ0) is 13.5. The second kappa shape index (κ2) is 4.26. The molecule has 1 saturated heterocycles. The van der Waals surface area contributed by atoms with Gasteiger partial charge < -0.3 is 10.4 Å². The van der Waals surface area contributed by atoms with Crippen molar-refractivity contribution in [2.24, 2.45) is 11.8 Å². The van der Waals surface area contributed by atoms with E-state index in [1.165, 1.54) is 0 Å². The van der Waals surface area contributed by atoms with E-state index in [-0.39, 0.29) is 5.91 Å². The molecule has 1 heterocycles. The van der Waals surface area contributed by atoms with Crippen LogP contribution in [0, 0.1) is 11.8 Å². The summed E-state index contributed by atoms with van der Waals surface area (Å²) >= 11 is 0. The monoisotopic (exact) mass is 254 g/mol. The third-order valence-corrected chi connectivity index (χ3v) is 3.74. The molecule has 2 fully saturated rings. The van der Waals surface area contributed by atoms with Crippen molar-refractivity contribution in [1.29, 1.82) is 0 Å². The van der Waals surface area contributed by atoms with E-state index in [1.54, 1.807) is 0 Å². The van der Waals surface area contributed by atoms with Crippen molar-refractivity contribution in [3.8, 4) is 0 Å². The molecule has 6 heteroatoms. The van der Waals surface area contributed by atoms with E-state index in [9.17, 15) is 14.4 Å². The first-order chi connectivity index (χ1) is 8.34. The number of carboxylic acid groups (broad SMARTS) is 1. The Morgan fingerprint density at radius 2 is 1.94 bits per heavy atom. The number of amides is 3. The molecule has 3 amide bonds. The largest absolute Gasteiger partial charge is 0.480 e. The second-order valence-corrected chi connectivity index (χ2v) is 5.65. The molecular formula is C12H18N2O4. The van der Waals surface area contributed by atoms with Crippen LogP contribution >= 0.6 is 0 Å². The third-order valence-electron chi connectivity index (χ3n) is 3.74. The van der Waals surface area contributed by atoms with Crippen molar-refractivity contribution in [1.82, 2.24) is 10.2 Å². The molecule has 0 radical (unpaired) electrons. The first-order valence-electron chi connectivity index (χ1n) is 6.20. The molecule has 0 aromatic carbocycles. The Labute approximate surface area is 105 Å². The predicted octanol–water partition coefficient (Wildman–Crippen LogP) is 0.818. The highest BCUT2D eigenvalue weighted by Gasteiger charge is 2.54. The SMILES string of the molecule is C[C@@H]1C[C@@H](C)CC2(C1)NC(=O)N(CC(=O)O)C2=O. The van der Waals surface area contributed by atoms with Crippen LogP contribution in [0.4, 0.5) is 4.79 Å². The summed E-state index contributed by atoms with van der Waals surface area (Å²) in [6.45, 7) is 3.54. The molecule has 2 aliphatic rings. The molecule has 0 unspecified atom stereocenters. The molecule has 0 aromatic rings. The lowest BCUT2D eigenvalue weighted by Crippen LogP contribution is -2.52. The molecule has 0 bridgehead atoms. The third kappa shape index (κ3) is 2.07. The van der Waals surface area contributed by atoms with Crippen molar-refractivity contribution < 1.29 is 19.5 Å². The Bertz CT molecular complexity index is 397. The van der Waals surface area contributed by atoms with E-state index >= 15 is 0 Å². The summed E-state index contributed by atoms with van der Waals surface area (Å²) in [6, 6.07) is -0.580. The van der Waals surface area contributed by atoms with E-state index in [4.69, 9.17) is 5.11 Å². The maximum Gasteiger partial charge on any atom is 0.325 e. The lowest BCUT2D eigenvalue weighted by Gasteiger charge is -2.37. The summed E-state index contributed by atoms with van der Waals surface area (Å²) in [5, 5.41) is 11.4. The number of nitrogens with one attached hydrogen (secondary N) is 1. The van der Waals surface area contributed by atoms with Gasteiger partial charge in [0.25, 0.3) is 5.91 Å². The van der Waals surface area contributed by atoms with Gasteiger partial charge in [0.15, 0.2) is 0 Å². The standard InChI is InChI=1S/C12H18N2O4/c1-7-3-8(2)5-12(4-7)10(17)14(6-9(15)16)11(18)13-12/h7-8H,3-6H2,1-2H3,(H,13,18)(H,15,16)/t7-,8-/m1/s1. The molecule has 1 spiro atoms. The summed E-state index contributed by atoms with van der Waals surface area (Å²) in [4.78, 5) is 35.5. The highest BCUT2D eigenvalue weighted by Crippen LogP contribution is 2.39. The molecular weight excluding hydrogens is 236 g/mol. The Morgan fingerprint density at radius 1 is 1.39 bits per heavy atom. The minimum absolute atomic E-state index is 0.350. The van der Waals surface area contributed by atoms with Gasteiger partial charge in [-0.05, 0) is 31.1 Å². The Morgan fingerprint density at radius 3 is 2.44 bits per heavy atom. The van der Waals surface area contributed by atoms with Crippen LogP contribution in [0.25, 0.3) is 0 Å². The van der Waals surface area contributed by atoms with Crippen molar-refractivity contribution in [3.05, 3.63) is 0 Å². The van der Waals surface area contributed by atoms with Gasteiger partial charge in [-0.15, -0.1) is 0 Å². The van der Waals surface area contributed by atoms with Gasteiger partial charge >= 0.3 is 12.0 Å². The van der Waals surface area contributed by atoms with Crippen LogP contribution in [0.3, 0.4) is 0 Å². The fourth-order valence-electron chi connectivity index (χ4n) is 3.36. The van der Waals surface area contributed by atoms with Gasteiger partial charge in [0.05, 0.1) is 0 Å². The highest BCUT2D eigenvalue weighted by molar-refractivity contribution is 6.08. The van der Waals surface area contributed by atoms with Crippen molar-refractivity contribution in [3.63, 3.8) is 0 Å². The number of hydrogen-bond donors (Lipinski definition) is 2. The number of carbonyl (C=O) groups is 3. The van der Waals surface area contributed by atoms with Gasteiger partial charge in [-0.1, -0.05) is 13.8 Å². The zero-order valence-corrected chi connectivity index (χ0v) is 10.6. The number of carbonyl (C=O) groups excluding carboxylic acids is 2. The number of rotatable bonds is 2. The Balaban J connectivity index is 2.22. The molecule has 2 atom stereocenters. The van der Waals surface area contributed by atoms with Crippen LogP contribution in [-0.4, -0.2) is 40.0 Å². The summed E-state index contributed by atoms with van der Waals surface area (Å²) in [7, 11) is 0. The molecule has 2 N–H and O–H groups in total. The second-order valence-electron chi connectivity index (χ2n) is 5.65. The minimum atomic E-state index is -1.17. The number of imide groups is 1. The smallest absolute Gasteiger partial charge is 0.325 e. The normalized spacial score (nSPS) is 36.0. The molecule has 1 aliphatic carbocycles. The van der Waals surface area contributed by atoms with Gasteiger partial charge in [-0.25, -0.2) is 4.79 Å². The molecule has 2 rings (SSSR count). The molecule has 18 heavy (non-hydrogen) atoms. The van der Waals surface area contributed by atoms with Gasteiger partial charge in [0, 0.05) is 0 Å². The topological polar surface area (TPSA) is 86.7 Å². The van der Waals surface area contributed by atoms with Crippen molar-refractivity contribution in [2.45, 2.75) is 38.6 Å². The maximum absolute atomic E-state index is 12.3. The number of aliphatic carboxylic acids is 1. The molecule has 1 saturated carbocycles. The van der Waals surface area contributed by atoms with E-state index < -0.39 is 24.1 Å². The number of urea groups is 1. The maximum atomic E-state index is 12.3. The fraction of sp³-hybridized carbons (Fsp3) is 0.750. The number of carboxylic acids is 1. The Kier molecular flexibility index (Phi) is 3.04. The van der Waals surface area contributed by atoms with E-state index in [0.29, 0.717) is 24.7 Å². The number of hydrogen-bond acceptors (Lipinski definition) is 3. The average molecular weight is 254 g/mol. The van der Waals surface area contributed by atoms with E-state index in [1.807, 2.05) is 0 Å². The first kappa shape index (κ1) is 12.9. The first-order valence-corrected chi connectivity index (χ1v) is 6.20. The lowest BCUT2D eigenvalue weighted by molar-refractivity contribution is -0.143. The molecule has 0 aromatic heterocycles. The summed E-state index contributed by atoms with van der Waals surface area (Å²) in [6.07, 6.45) is 2.22. The van der Waals surface area contributed by atoms with Crippen LogP contribution in [-0.2, 0) is 9.59 Å². The van der Waals surface area contributed by atoms with Crippen LogP contribution < -0.4 is 5.32 Å². The molecule has 6 nitrogen and oxygen atoms in total. The lowest BCUT2D eigenvalue weighted by atomic mass is 9.71. The highest BCUT2D eigenvalue weighted by atomic mass is 16.4. The minimum Gasteiger partial charge on any atom is -0.480 e. The summed E-state index contributed by atoms with van der Waals surface area (Å²) < 4.78 is 0. The van der Waals surface area contributed by atoms with Gasteiger partial charge in [0.1, 0.15) is 12.1 Å². The average Bonchev–Trinajstić information content (AvgIpc) is 2.40. The van der Waals surface area contributed by atoms with Crippen LogP contribution in [0.15, 0.2) is 0 Å². The van der Waals surface area contributed by atoms with Gasteiger partial charge in [-0.3, -0.25) is 14.5 Å². The fourth-order valence-corrected chi connectivity index (χ4v) is 3.36. The van der Waals surface area contributed by atoms with Gasteiger partial charge in [0.2, 0.25) is 0 Å². The van der Waals surface area contributed by atoms with E-state index in [2.05, 4.69) is 19.2 Å². The van der Waals surface area contributed by atoms with E-state index in [0.717, 1.165) is 11.3 Å². The Hall–Kier alpha value is -1.59. The molecule has 1 aliphatic heterocycles. The summed E-state index contributed by atoms with van der Waals surface area (Å²) in [5.41, 5.74) is -0.871. The van der Waals surface area contributed by atoms with Crippen molar-refractivity contribution >= 4 is 17.9 Å². The summed E-state index contributed by atoms with van der Waals surface area (Å²) in [5.74, 6) is -0.855. The zero-order valence-electron chi connectivity index (χ0n) is 10.6. The van der Waals surface area contributed by atoms with Crippen LogP contribution in [0.5, 0.6) is 0 Å².